The van der Waals surface area contributed by atoms with Crippen molar-refractivity contribution in [3.63, 3.8) is 0 Å². The van der Waals surface area contributed by atoms with Crippen LogP contribution in [0.15, 0.2) is 48.5 Å². The zero-order valence-corrected chi connectivity index (χ0v) is 17.3. The number of halogens is 1. The van der Waals surface area contributed by atoms with Gasteiger partial charge < -0.3 is 19.7 Å². The number of carbonyl (C=O) groups excluding carboxylic acids is 1. The van der Waals surface area contributed by atoms with Gasteiger partial charge in [0.15, 0.2) is 0 Å². The summed E-state index contributed by atoms with van der Waals surface area (Å²) in [5, 5.41) is 4.02. The number of hydrogen-bond acceptors (Lipinski definition) is 4. The van der Waals surface area contributed by atoms with Crippen LogP contribution in [0.4, 0.5) is 16.2 Å². The van der Waals surface area contributed by atoms with Gasteiger partial charge in [0.05, 0.1) is 6.54 Å². The van der Waals surface area contributed by atoms with Crippen LogP contribution in [0.2, 0.25) is 5.02 Å². The van der Waals surface area contributed by atoms with Gasteiger partial charge in [-0.05, 0) is 63.1 Å². The number of anilines is 2. The van der Waals surface area contributed by atoms with Gasteiger partial charge in [-0.15, -0.1) is 0 Å². The normalized spacial score (nSPS) is 17.7. The summed E-state index contributed by atoms with van der Waals surface area (Å²) >= 11 is 6.03. The number of rotatable bonds is 3. The van der Waals surface area contributed by atoms with Crippen molar-refractivity contribution in [2.75, 3.05) is 25.0 Å². The second-order valence-electron chi connectivity index (χ2n) is 7.90. The molecule has 0 radical (unpaired) electrons. The maximum absolute atomic E-state index is 12.5. The summed E-state index contributed by atoms with van der Waals surface area (Å²) in [6, 6.07) is 15.6. The van der Waals surface area contributed by atoms with Gasteiger partial charge in [0, 0.05) is 29.5 Å². The second-order valence-corrected chi connectivity index (χ2v) is 8.33. The van der Waals surface area contributed by atoms with Gasteiger partial charge >= 0.3 is 6.09 Å². The number of hydrogen-bond donors (Lipinski definition) is 1. The number of ether oxygens (including phenoxy) is 2. The monoisotopic (exact) mass is 402 g/mol. The highest BCUT2D eigenvalue weighted by atomic mass is 35.5. The van der Waals surface area contributed by atoms with Gasteiger partial charge in [-0.3, -0.25) is 0 Å². The first-order valence-corrected chi connectivity index (χ1v) is 9.90. The highest BCUT2D eigenvalue weighted by molar-refractivity contribution is 6.30. The van der Waals surface area contributed by atoms with E-state index in [9.17, 15) is 4.79 Å². The smallest absolute Gasteiger partial charge is 0.410 e. The molecule has 1 saturated heterocycles. The van der Waals surface area contributed by atoms with Crippen molar-refractivity contribution in [1.29, 1.82) is 0 Å². The van der Waals surface area contributed by atoms with E-state index >= 15 is 0 Å². The third-order valence-electron chi connectivity index (χ3n) is 4.33. The van der Waals surface area contributed by atoms with Crippen LogP contribution in [0.25, 0.3) is 0 Å². The van der Waals surface area contributed by atoms with Crippen molar-refractivity contribution in [1.82, 2.24) is 4.90 Å². The molecule has 1 aliphatic rings. The van der Waals surface area contributed by atoms with E-state index in [0.717, 1.165) is 23.4 Å². The summed E-state index contributed by atoms with van der Waals surface area (Å²) in [4.78, 5) is 14.2. The van der Waals surface area contributed by atoms with E-state index in [2.05, 4.69) is 5.32 Å². The molecule has 1 amide bonds. The molecule has 0 saturated carbocycles. The lowest BCUT2D eigenvalue weighted by atomic mass is 10.1. The van der Waals surface area contributed by atoms with Crippen LogP contribution in [0, 0.1) is 0 Å². The molecule has 2 aromatic carbocycles. The lowest BCUT2D eigenvalue weighted by molar-refractivity contribution is 0.0140. The van der Waals surface area contributed by atoms with Gasteiger partial charge in [-0.2, -0.15) is 0 Å². The van der Waals surface area contributed by atoms with Crippen molar-refractivity contribution >= 4 is 29.1 Å². The number of nitrogens with one attached hydrogen (secondary N) is 1. The van der Waals surface area contributed by atoms with Crippen LogP contribution in [0.3, 0.4) is 0 Å². The Morgan fingerprint density at radius 1 is 1.18 bits per heavy atom. The maximum Gasteiger partial charge on any atom is 0.410 e. The van der Waals surface area contributed by atoms with Crippen LogP contribution in [0.5, 0.6) is 0 Å². The molecule has 1 fully saturated rings. The molecule has 0 aromatic heterocycles. The standard InChI is InChI=1S/C22H27ClN2O3/c1-22(2,3)28-21(26)25-12-5-13-27-20(15-25)16-8-10-18(11-9-16)24-19-7-4-6-17(23)14-19/h4,6-11,14,20,24H,5,12-13,15H2,1-3H3/t20-/m1/s1. The minimum absolute atomic E-state index is 0.171. The van der Waals surface area contributed by atoms with Crippen LogP contribution in [-0.2, 0) is 9.47 Å². The molecule has 0 spiro atoms. The van der Waals surface area contributed by atoms with Gasteiger partial charge in [-0.1, -0.05) is 29.8 Å². The van der Waals surface area contributed by atoms with E-state index in [1.807, 2.05) is 69.3 Å². The molecule has 1 N–H and O–H groups in total. The molecule has 6 heteroatoms. The zero-order chi connectivity index (χ0) is 20.1. The van der Waals surface area contributed by atoms with E-state index in [1.165, 1.54) is 0 Å². The Bertz CT molecular complexity index is 802. The lowest BCUT2D eigenvalue weighted by Crippen LogP contribution is -2.38. The van der Waals surface area contributed by atoms with Gasteiger partial charge in [-0.25, -0.2) is 4.79 Å². The summed E-state index contributed by atoms with van der Waals surface area (Å²) in [5.74, 6) is 0. The fraction of sp³-hybridized carbons (Fsp3) is 0.409. The van der Waals surface area contributed by atoms with Gasteiger partial charge in [0.25, 0.3) is 0 Å². The van der Waals surface area contributed by atoms with E-state index in [-0.39, 0.29) is 12.2 Å². The number of amides is 1. The molecular formula is C22H27ClN2O3. The average molecular weight is 403 g/mol. The first-order valence-electron chi connectivity index (χ1n) is 9.52. The van der Waals surface area contributed by atoms with Crippen molar-refractivity contribution in [3.05, 3.63) is 59.1 Å². The molecule has 0 unspecified atom stereocenters. The Morgan fingerprint density at radius 2 is 1.93 bits per heavy atom. The SMILES string of the molecule is CC(C)(C)OC(=O)N1CCCO[C@@H](c2ccc(Nc3cccc(Cl)c3)cc2)C1. The number of benzene rings is 2. The van der Waals surface area contributed by atoms with Crippen molar-refractivity contribution < 1.29 is 14.3 Å². The van der Waals surface area contributed by atoms with E-state index in [1.54, 1.807) is 4.90 Å². The first kappa shape index (κ1) is 20.5. The highest BCUT2D eigenvalue weighted by Crippen LogP contribution is 2.26. The topological polar surface area (TPSA) is 50.8 Å². The van der Waals surface area contributed by atoms with E-state index in [0.29, 0.717) is 24.7 Å². The summed E-state index contributed by atoms with van der Waals surface area (Å²) in [7, 11) is 0. The molecule has 1 aliphatic heterocycles. The Hall–Kier alpha value is -2.24. The molecule has 3 rings (SSSR count). The molecule has 1 heterocycles. The third kappa shape index (κ3) is 5.88. The highest BCUT2D eigenvalue weighted by Gasteiger charge is 2.27. The predicted molar refractivity (Wildman–Crippen MR) is 112 cm³/mol. The summed E-state index contributed by atoms with van der Waals surface area (Å²) in [5.41, 5.74) is 2.42. The Labute approximate surface area is 171 Å². The van der Waals surface area contributed by atoms with Crippen LogP contribution in [0.1, 0.15) is 38.9 Å². The fourth-order valence-corrected chi connectivity index (χ4v) is 3.22. The Kier molecular flexibility index (Phi) is 6.47. The molecule has 150 valence electrons. The van der Waals surface area contributed by atoms with Crippen LogP contribution < -0.4 is 5.32 Å². The molecular weight excluding hydrogens is 376 g/mol. The predicted octanol–water partition coefficient (Wildman–Crippen LogP) is 5.78. The van der Waals surface area contributed by atoms with Crippen LogP contribution in [-0.4, -0.2) is 36.3 Å². The first-order chi connectivity index (χ1) is 13.3. The minimum atomic E-state index is -0.507. The summed E-state index contributed by atoms with van der Waals surface area (Å²) in [6.07, 6.45) is 0.335. The second kappa shape index (κ2) is 8.84. The number of nitrogens with zero attached hydrogens (tertiary/aromatic N) is 1. The molecule has 2 aromatic rings. The van der Waals surface area contributed by atoms with E-state index in [4.69, 9.17) is 21.1 Å². The summed E-state index contributed by atoms with van der Waals surface area (Å²) in [6.45, 7) is 7.37. The van der Waals surface area contributed by atoms with Crippen molar-refractivity contribution in [3.8, 4) is 0 Å². The minimum Gasteiger partial charge on any atom is -0.444 e. The third-order valence-corrected chi connectivity index (χ3v) is 4.56. The maximum atomic E-state index is 12.5. The van der Waals surface area contributed by atoms with Crippen molar-refractivity contribution in [2.24, 2.45) is 0 Å². The Balaban J connectivity index is 1.67. The molecule has 0 aliphatic carbocycles. The molecule has 5 nitrogen and oxygen atoms in total. The Morgan fingerprint density at radius 3 is 2.61 bits per heavy atom. The number of carbonyl (C=O) groups is 1. The molecule has 1 atom stereocenters. The molecule has 0 bridgehead atoms. The van der Waals surface area contributed by atoms with Crippen molar-refractivity contribution in [2.45, 2.75) is 38.9 Å². The van der Waals surface area contributed by atoms with Crippen LogP contribution >= 0.6 is 11.6 Å². The summed E-state index contributed by atoms with van der Waals surface area (Å²) < 4.78 is 11.5. The average Bonchev–Trinajstić information content (AvgIpc) is 2.87. The zero-order valence-electron chi connectivity index (χ0n) is 16.6. The fourth-order valence-electron chi connectivity index (χ4n) is 3.03. The van der Waals surface area contributed by atoms with Gasteiger partial charge in [0.2, 0.25) is 0 Å². The largest absolute Gasteiger partial charge is 0.444 e. The lowest BCUT2D eigenvalue weighted by Gasteiger charge is -2.28. The quantitative estimate of drug-likeness (QED) is 0.706. The molecule has 28 heavy (non-hydrogen) atoms. The van der Waals surface area contributed by atoms with Gasteiger partial charge in [0.1, 0.15) is 11.7 Å². The van der Waals surface area contributed by atoms with E-state index < -0.39 is 5.60 Å².